The maximum absolute atomic E-state index is 12.2. The summed E-state index contributed by atoms with van der Waals surface area (Å²) in [6, 6.07) is 3.64. The second-order valence-electron chi connectivity index (χ2n) is 4.95. The summed E-state index contributed by atoms with van der Waals surface area (Å²) in [5.74, 6) is -1.32. The van der Waals surface area contributed by atoms with E-state index in [1.807, 2.05) is 0 Å². The molecule has 0 radical (unpaired) electrons. The molecule has 0 spiro atoms. The molecule has 25 heavy (non-hydrogen) atoms. The lowest BCUT2D eigenvalue weighted by atomic mass is 10.1. The highest BCUT2D eigenvalue weighted by atomic mass is 32.2. The molecule has 0 aliphatic heterocycles. The van der Waals surface area contributed by atoms with Crippen LogP contribution in [0.3, 0.4) is 0 Å². The molecule has 11 heteroatoms. The number of thioether (sulfide) groups is 1. The van der Waals surface area contributed by atoms with Crippen LogP contribution in [0.1, 0.15) is 16.8 Å². The zero-order chi connectivity index (χ0) is 19.0. The number of nitrogens with one attached hydrogen (secondary N) is 2. The monoisotopic (exact) mass is 379 g/mol. The summed E-state index contributed by atoms with van der Waals surface area (Å²) in [4.78, 5) is 34.1. The Bertz CT molecular complexity index is 640. The van der Waals surface area contributed by atoms with Crippen molar-refractivity contribution in [3.05, 3.63) is 39.9 Å². The molecule has 1 unspecified atom stereocenters. The van der Waals surface area contributed by atoms with Crippen LogP contribution in [0.2, 0.25) is 0 Å². The van der Waals surface area contributed by atoms with Crippen LogP contribution >= 0.6 is 11.8 Å². The van der Waals surface area contributed by atoms with E-state index in [9.17, 15) is 32.9 Å². The van der Waals surface area contributed by atoms with Gasteiger partial charge in [-0.1, -0.05) is 6.07 Å². The van der Waals surface area contributed by atoms with E-state index in [1.165, 1.54) is 30.0 Å². The third-order valence-electron chi connectivity index (χ3n) is 3.01. The quantitative estimate of drug-likeness (QED) is 0.532. The summed E-state index contributed by atoms with van der Waals surface area (Å²) in [5, 5.41) is 14.8. The molecule has 0 fully saturated rings. The lowest BCUT2D eigenvalue weighted by molar-refractivity contribution is -0.384. The topological polar surface area (TPSA) is 101 Å². The number of carbonyl (C=O) groups is 2. The van der Waals surface area contributed by atoms with Crippen LogP contribution < -0.4 is 10.6 Å². The van der Waals surface area contributed by atoms with Crippen molar-refractivity contribution in [3.8, 4) is 0 Å². The Kier molecular flexibility index (Phi) is 7.68. The van der Waals surface area contributed by atoms with Crippen molar-refractivity contribution in [2.75, 3.05) is 18.6 Å². The molecular formula is C14H16F3N3O4S. The number of nitro groups is 1. The summed E-state index contributed by atoms with van der Waals surface area (Å²) >= 11 is 1.36. The number of non-ortho nitro benzene ring substituents is 1. The Hall–Kier alpha value is -2.30. The summed E-state index contributed by atoms with van der Waals surface area (Å²) in [6.07, 6.45) is -2.71. The molecule has 2 amide bonds. The Balaban J connectivity index is 2.82. The van der Waals surface area contributed by atoms with Crippen LogP contribution in [-0.2, 0) is 4.79 Å². The average Bonchev–Trinajstić information content (AvgIpc) is 2.55. The van der Waals surface area contributed by atoms with Gasteiger partial charge in [-0.25, -0.2) is 0 Å². The molecule has 7 nitrogen and oxygen atoms in total. The molecule has 1 rings (SSSR count). The van der Waals surface area contributed by atoms with Gasteiger partial charge >= 0.3 is 6.18 Å². The predicted molar refractivity (Wildman–Crippen MR) is 86.4 cm³/mol. The molecule has 1 atom stereocenters. The summed E-state index contributed by atoms with van der Waals surface area (Å²) in [7, 11) is 0. The van der Waals surface area contributed by atoms with E-state index in [2.05, 4.69) is 5.32 Å². The second-order valence-corrected chi connectivity index (χ2v) is 5.93. The molecular weight excluding hydrogens is 363 g/mol. The van der Waals surface area contributed by atoms with Gasteiger partial charge in [0.05, 0.1) is 4.92 Å². The normalized spacial score (nSPS) is 12.3. The molecule has 0 saturated carbocycles. The SMILES string of the molecule is CSCCC(NC(=O)c1cccc([N+](=O)[O-])c1)C(=O)NCC(F)(F)F. The van der Waals surface area contributed by atoms with Crippen molar-refractivity contribution < 1.29 is 27.7 Å². The van der Waals surface area contributed by atoms with E-state index in [-0.39, 0.29) is 17.7 Å². The van der Waals surface area contributed by atoms with Crippen molar-refractivity contribution in [2.45, 2.75) is 18.6 Å². The van der Waals surface area contributed by atoms with Gasteiger partial charge in [-0.2, -0.15) is 24.9 Å². The highest BCUT2D eigenvalue weighted by Gasteiger charge is 2.30. The van der Waals surface area contributed by atoms with Gasteiger partial charge in [0.25, 0.3) is 11.6 Å². The van der Waals surface area contributed by atoms with Crippen LogP contribution in [0, 0.1) is 10.1 Å². The molecule has 0 aromatic heterocycles. The van der Waals surface area contributed by atoms with Crippen molar-refractivity contribution >= 4 is 29.3 Å². The fourth-order valence-corrected chi connectivity index (χ4v) is 2.29. The third kappa shape index (κ3) is 7.42. The van der Waals surface area contributed by atoms with Crippen LogP contribution in [0.4, 0.5) is 18.9 Å². The van der Waals surface area contributed by atoms with Crippen LogP contribution in [-0.4, -0.2) is 47.5 Å². The molecule has 0 bridgehead atoms. The van der Waals surface area contributed by atoms with E-state index >= 15 is 0 Å². The largest absolute Gasteiger partial charge is 0.405 e. The number of hydrogen-bond donors (Lipinski definition) is 2. The Morgan fingerprint density at radius 3 is 2.60 bits per heavy atom. The summed E-state index contributed by atoms with van der Waals surface area (Å²) in [6.45, 7) is -1.51. The molecule has 0 heterocycles. The van der Waals surface area contributed by atoms with Gasteiger partial charge < -0.3 is 10.6 Å². The maximum atomic E-state index is 12.2. The van der Waals surface area contributed by atoms with E-state index in [1.54, 1.807) is 11.6 Å². The Morgan fingerprint density at radius 2 is 2.04 bits per heavy atom. The summed E-state index contributed by atoms with van der Waals surface area (Å²) in [5.41, 5.74) is -0.373. The number of carbonyl (C=O) groups excluding carboxylic acids is 2. The third-order valence-corrected chi connectivity index (χ3v) is 3.66. The highest BCUT2D eigenvalue weighted by molar-refractivity contribution is 7.98. The highest BCUT2D eigenvalue weighted by Crippen LogP contribution is 2.14. The van der Waals surface area contributed by atoms with E-state index in [0.29, 0.717) is 5.75 Å². The van der Waals surface area contributed by atoms with Gasteiger partial charge in [0.2, 0.25) is 5.91 Å². The van der Waals surface area contributed by atoms with Crippen molar-refractivity contribution in [2.24, 2.45) is 0 Å². The molecule has 1 aromatic carbocycles. The molecule has 138 valence electrons. The molecule has 0 aliphatic carbocycles. The first-order chi connectivity index (χ1) is 11.6. The first-order valence-electron chi connectivity index (χ1n) is 7.02. The smallest absolute Gasteiger partial charge is 0.345 e. The number of alkyl halides is 3. The second kappa shape index (κ2) is 9.25. The van der Waals surface area contributed by atoms with Crippen molar-refractivity contribution in [3.63, 3.8) is 0 Å². The Morgan fingerprint density at radius 1 is 1.36 bits per heavy atom. The minimum atomic E-state index is -4.57. The predicted octanol–water partition coefficient (Wildman–Crippen LogP) is 2.12. The number of benzene rings is 1. The number of amides is 2. The van der Waals surface area contributed by atoms with Gasteiger partial charge in [0, 0.05) is 17.7 Å². The van der Waals surface area contributed by atoms with Crippen molar-refractivity contribution in [1.82, 2.24) is 10.6 Å². The zero-order valence-electron chi connectivity index (χ0n) is 13.1. The molecule has 0 aliphatic rings. The minimum absolute atomic E-state index is 0.0630. The minimum Gasteiger partial charge on any atom is -0.345 e. The fraction of sp³-hybridized carbons (Fsp3) is 0.429. The molecule has 0 saturated heterocycles. The standard InChI is InChI=1S/C14H16F3N3O4S/c1-25-6-5-11(13(22)18-8-14(15,16)17)19-12(21)9-3-2-4-10(7-9)20(23)24/h2-4,7,11H,5-6,8H2,1H3,(H,18,22)(H,19,21). The Labute approximate surface area is 145 Å². The van der Waals surface area contributed by atoms with Gasteiger partial charge in [-0.15, -0.1) is 0 Å². The van der Waals surface area contributed by atoms with E-state index < -0.39 is 35.5 Å². The lowest BCUT2D eigenvalue weighted by Gasteiger charge is -2.18. The van der Waals surface area contributed by atoms with Crippen molar-refractivity contribution in [1.29, 1.82) is 0 Å². The van der Waals surface area contributed by atoms with Gasteiger partial charge in [-0.3, -0.25) is 19.7 Å². The van der Waals surface area contributed by atoms with Crippen LogP contribution in [0.5, 0.6) is 0 Å². The van der Waals surface area contributed by atoms with E-state index in [0.717, 1.165) is 6.07 Å². The van der Waals surface area contributed by atoms with Crippen LogP contribution in [0.25, 0.3) is 0 Å². The number of nitro benzene ring substituents is 1. The van der Waals surface area contributed by atoms with Gasteiger partial charge in [0.1, 0.15) is 12.6 Å². The number of halogens is 3. The van der Waals surface area contributed by atoms with E-state index in [4.69, 9.17) is 0 Å². The first kappa shape index (κ1) is 20.7. The summed E-state index contributed by atoms with van der Waals surface area (Å²) < 4.78 is 36.6. The molecule has 1 aromatic rings. The fourth-order valence-electron chi connectivity index (χ4n) is 1.82. The lowest BCUT2D eigenvalue weighted by Crippen LogP contribution is -2.49. The molecule has 2 N–H and O–H groups in total. The van der Waals surface area contributed by atoms with Crippen LogP contribution in [0.15, 0.2) is 24.3 Å². The van der Waals surface area contributed by atoms with Gasteiger partial charge in [0.15, 0.2) is 0 Å². The maximum Gasteiger partial charge on any atom is 0.405 e. The zero-order valence-corrected chi connectivity index (χ0v) is 13.9. The number of hydrogen-bond acceptors (Lipinski definition) is 5. The average molecular weight is 379 g/mol. The number of rotatable bonds is 8. The van der Waals surface area contributed by atoms with Gasteiger partial charge in [-0.05, 0) is 24.5 Å². The first-order valence-corrected chi connectivity index (χ1v) is 8.42. The number of nitrogens with zero attached hydrogens (tertiary/aromatic N) is 1.